The van der Waals surface area contributed by atoms with Gasteiger partial charge in [0.25, 0.3) is 0 Å². The van der Waals surface area contributed by atoms with Crippen LogP contribution in [0.4, 0.5) is 0 Å². The van der Waals surface area contributed by atoms with Crippen LogP contribution < -0.4 is 11.3 Å². The van der Waals surface area contributed by atoms with Gasteiger partial charge in [0.2, 0.25) is 5.91 Å². The minimum absolute atomic E-state index is 0.0870. The summed E-state index contributed by atoms with van der Waals surface area (Å²) in [7, 11) is 0. The van der Waals surface area contributed by atoms with Crippen molar-refractivity contribution in [2.24, 2.45) is 5.84 Å². The van der Waals surface area contributed by atoms with E-state index in [9.17, 15) is 4.79 Å². The van der Waals surface area contributed by atoms with E-state index in [1.54, 1.807) is 0 Å². The first-order chi connectivity index (χ1) is 6.83. The lowest BCUT2D eigenvalue weighted by molar-refractivity contribution is -0.121. The highest BCUT2D eigenvalue weighted by molar-refractivity contribution is 5.75. The van der Waals surface area contributed by atoms with Crippen molar-refractivity contribution in [2.45, 2.75) is 19.3 Å². The van der Waals surface area contributed by atoms with E-state index < -0.39 is 0 Å². The maximum atomic E-state index is 10.8. The molecular formula is C9H19N3O2. The molecule has 0 aliphatic carbocycles. The zero-order valence-electron chi connectivity index (χ0n) is 8.50. The molecule has 1 rings (SSSR count). The Labute approximate surface area is 84.5 Å². The average Bonchev–Trinajstić information content (AvgIpc) is 2.46. The first kappa shape index (κ1) is 11.4. The molecule has 1 aliphatic heterocycles. The minimum Gasteiger partial charge on any atom is -0.380 e. The van der Waals surface area contributed by atoms with Crippen LogP contribution in [0.2, 0.25) is 0 Å². The Hall–Kier alpha value is -0.650. The van der Waals surface area contributed by atoms with Crippen LogP contribution in [0.25, 0.3) is 0 Å². The highest BCUT2D eigenvalue weighted by Gasteiger charge is 2.08. The molecule has 5 nitrogen and oxygen atoms in total. The summed E-state index contributed by atoms with van der Waals surface area (Å²) in [4.78, 5) is 13.2. The topological polar surface area (TPSA) is 67.6 Å². The van der Waals surface area contributed by atoms with Gasteiger partial charge >= 0.3 is 0 Å². The van der Waals surface area contributed by atoms with Crippen molar-refractivity contribution in [2.75, 3.05) is 32.8 Å². The third kappa shape index (κ3) is 4.55. The molecule has 0 aromatic rings. The van der Waals surface area contributed by atoms with E-state index in [0.717, 1.165) is 45.7 Å². The normalized spacial score (nSPS) is 18.9. The van der Waals surface area contributed by atoms with Crippen LogP contribution in [0.1, 0.15) is 19.3 Å². The number of nitrogens with zero attached hydrogens (tertiary/aromatic N) is 1. The first-order valence-electron chi connectivity index (χ1n) is 5.12. The third-order valence-electron chi connectivity index (χ3n) is 2.35. The fourth-order valence-corrected chi connectivity index (χ4v) is 1.56. The highest BCUT2D eigenvalue weighted by atomic mass is 16.5. The summed E-state index contributed by atoms with van der Waals surface area (Å²) >= 11 is 0. The Morgan fingerprint density at radius 1 is 1.43 bits per heavy atom. The summed E-state index contributed by atoms with van der Waals surface area (Å²) < 4.78 is 5.33. The van der Waals surface area contributed by atoms with Gasteiger partial charge in [-0.05, 0) is 19.4 Å². The van der Waals surface area contributed by atoms with Gasteiger partial charge in [0, 0.05) is 26.1 Å². The predicted octanol–water partition coefficient (Wildman–Crippen LogP) is -0.521. The van der Waals surface area contributed by atoms with Crippen LogP contribution in [0.15, 0.2) is 0 Å². The molecule has 0 saturated carbocycles. The molecular weight excluding hydrogens is 182 g/mol. The van der Waals surface area contributed by atoms with Crippen LogP contribution in [0.5, 0.6) is 0 Å². The minimum atomic E-state index is -0.0870. The molecule has 14 heavy (non-hydrogen) atoms. The third-order valence-corrected chi connectivity index (χ3v) is 2.35. The molecule has 82 valence electrons. The second-order valence-electron chi connectivity index (χ2n) is 3.48. The number of hydrogen-bond donors (Lipinski definition) is 2. The molecule has 1 heterocycles. The standard InChI is InChI=1S/C9H19N3O2/c10-11-9(13)3-1-4-12-5-2-7-14-8-6-12/h1-8,10H2,(H,11,13). The van der Waals surface area contributed by atoms with Gasteiger partial charge < -0.3 is 9.64 Å². The maximum absolute atomic E-state index is 10.8. The number of nitrogens with one attached hydrogen (secondary N) is 1. The van der Waals surface area contributed by atoms with Crippen LogP contribution >= 0.6 is 0 Å². The van der Waals surface area contributed by atoms with Gasteiger partial charge in [-0.1, -0.05) is 0 Å². The molecule has 3 N–H and O–H groups in total. The molecule has 0 bridgehead atoms. The summed E-state index contributed by atoms with van der Waals surface area (Å²) in [6.45, 7) is 4.67. The van der Waals surface area contributed by atoms with Gasteiger partial charge in [-0.2, -0.15) is 0 Å². The summed E-state index contributed by atoms with van der Waals surface area (Å²) in [6, 6.07) is 0. The Bertz CT molecular complexity index is 167. The Morgan fingerprint density at radius 3 is 3.07 bits per heavy atom. The largest absolute Gasteiger partial charge is 0.380 e. The van der Waals surface area contributed by atoms with Gasteiger partial charge in [0.05, 0.1) is 6.61 Å². The van der Waals surface area contributed by atoms with Crippen LogP contribution in [-0.2, 0) is 9.53 Å². The summed E-state index contributed by atoms with van der Waals surface area (Å²) in [5.74, 6) is 4.90. The molecule has 5 heteroatoms. The average molecular weight is 201 g/mol. The van der Waals surface area contributed by atoms with Crippen molar-refractivity contribution in [1.29, 1.82) is 0 Å². The van der Waals surface area contributed by atoms with Crippen molar-refractivity contribution in [3.05, 3.63) is 0 Å². The molecule has 1 fully saturated rings. The van der Waals surface area contributed by atoms with Crippen molar-refractivity contribution in [3.8, 4) is 0 Å². The summed E-state index contributed by atoms with van der Waals surface area (Å²) in [6.07, 6.45) is 2.46. The van der Waals surface area contributed by atoms with Gasteiger partial charge in [-0.15, -0.1) is 0 Å². The van der Waals surface area contributed by atoms with Gasteiger partial charge in [-0.25, -0.2) is 5.84 Å². The SMILES string of the molecule is NNC(=O)CCCN1CCCOCC1. The second kappa shape index (κ2) is 6.75. The van der Waals surface area contributed by atoms with Crippen molar-refractivity contribution < 1.29 is 9.53 Å². The first-order valence-corrected chi connectivity index (χ1v) is 5.12. The lowest BCUT2D eigenvalue weighted by atomic mass is 10.2. The van der Waals surface area contributed by atoms with E-state index in [1.165, 1.54) is 0 Å². The molecule has 1 saturated heterocycles. The number of carbonyl (C=O) groups is 1. The molecule has 0 aromatic carbocycles. The summed E-state index contributed by atoms with van der Waals surface area (Å²) in [5.41, 5.74) is 2.13. The van der Waals surface area contributed by atoms with Crippen molar-refractivity contribution in [1.82, 2.24) is 10.3 Å². The number of ether oxygens (including phenoxy) is 1. The predicted molar refractivity (Wildman–Crippen MR) is 53.4 cm³/mol. The van der Waals surface area contributed by atoms with E-state index in [4.69, 9.17) is 10.6 Å². The Kier molecular flexibility index (Phi) is 5.51. The number of rotatable bonds is 4. The molecule has 1 amide bonds. The van der Waals surface area contributed by atoms with Gasteiger partial charge in [0.15, 0.2) is 0 Å². The van der Waals surface area contributed by atoms with E-state index in [2.05, 4.69) is 10.3 Å². The zero-order valence-corrected chi connectivity index (χ0v) is 8.50. The van der Waals surface area contributed by atoms with Crippen LogP contribution in [-0.4, -0.2) is 43.7 Å². The number of hydrazine groups is 1. The lowest BCUT2D eigenvalue weighted by Gasteiger charge is -2.18. The number of amides is 1. The quantitative estimate of drug-likeness (QED) is 0.365. The Balaban J connectivity index is 2.07. The fraction of sp³-hybridized carbons (Fsp3) is 0.889. The van der Waals surface area contributed by atoms with Crippen LogP contribution in [0.3, 0.4) is 0 Å². The van der Waals surface area contributed by atoms with Crippen molar-refractivity contribution >= 4 is 5.91 Å². The summed E-state index contributed by atoms with van der Waals surface area (Å²) in [5, 5.41) is 0. The van der Waals surface area contributed by atoms with Crippen LogP contribution in [0, 0.1) is 0 Å². The van der Waals surface area contributed by atoms with E-state index in [1.807, 2.05) is 0 Å². The fourth-order valence-electron chi connectivity index (χ4n) is 1.56. The van der Waals surface area contributed by atoms with Crippen molar-refractivity contribution in [3.63, 3.8) is 0 Å². The molecule has 0 unspecified atom stereocenters. The Morgan fingerprint density at radius 2 is 2.29 bits per heavy atom. The second-order valence-corrected chi connectivity index (χ2v) is 3.48. The molecule has 0 radical (unpaired) electrons. The van der Waals surface area contributed by atoms with E-state index in [-0.39, 0.29) is 5.91 Å². The molecule has 0 atom stereocenters. The lowest BCUT2D eigenvalue weighted by Crippen LogP contribution is -2.32. The van der Waals surface area contributed by atoms with Gasteiger partial charge in [-0.3, -0.25) is 10.2 Å². The zero-order chi connectivity index (χ0) is 10.2. The van der Waals surface area contributed by atoms with E-state index in [0.29, 0.717) is 6.42 Å². The number of carbonyl (C=O) groups excluding carboxylic acids is 1. The number of nitrogens with two attached hydrogens (primary N) is 1. The monoisotopic (exact) mass is 201 g/mol. The molecule has 0 spiro atoms. The van der Waals surface area contributed by atoms with E-state index >= 15 is 0 Å². The number of hydrogen-bond acceptors (Lipinski definition) is 4. The molecule has 0 aromatic heterocycles. The molecule has 1 aliphatic rings. The maximum Gasteiger partial charge on any atom is 0.233 e. The highest BCUT2D eigenvalue weighted by Crippen LogP contribution is 2.01. The smallest absolute Gasteiger partial charge is 0.233 e. The van der Waals surface area contributed by atoms with Gasteiger partial charge in [0.1, 0.15) is 0 Å².